The smallest absolute Gasteiger partial charge is 0.337 e. The van der Waals surface area contributed by atoms with Crippen molar-refractivity contribution in [3.8, 4) is 0 Å². The molecule has 1 saturated heterocycles. The SMILES string of the molecule is COC(=O)c1cccc(NC(=O)c2csc(C3CCN(C(=O)Cc4ccccc4Cl)CC3)n2)c1. The van der Waals surface area contributed by atoms with Gasteiger partial charge in [0.25, 0.3) is 5.91 Å². The van der Waals surface area contributed by atoms with Crippen molar-refractivity contribution in [2.75, 3.05) is 25.5 Å². The molecule has 34 heavy (non-hydrogen) atoms. The highest BCUT2D eigenvalue weighted by Crippen LogP contribution is 2.31. The van der Waals surface area contributed by atoms with Gasteiger partial charge < -0.3 is 15.0 Å². The number of hydrogen-bond acceptors (Lipinski definition) is 6. The summed E-state index contributed by atoms with van der Waals surface area (Å²) in [6.07, 6.45) is 1.89. The van der Waals surface area contributed by atoms with Crippen molar-refractivity contribution in [1.29, 1.82) is 0 Å². The Morgan fingerprint density at radius 1 is 1.15 bits per heavy atom. The van der Waals surface area contributed by atoms with Crippen LogP contribution in [0.15, 0.2) is 53.9 Å². The predicted molar refractivity (Wildman–Crippen MR) is 132 cm³/mol. The summed E-state index contributed by atoms with van der Waals surface area (Å²) in [7, 11) is 1.31. The molecule has 7 nitrogen and oxygen atoms in total. The number of thiazole rings is 1. The monoisotopic (exact) mass is 497 g/mol. The fourth-order valence-electron chi connectivity index (χ4n) is 3.91. The van der Waals surface area contributed by atoms with Crippen molar-refractivity contribution in [3.63, 3.8) is 0 Å². The molecule has 9 heteroatoms. The maximum atomic E-state index is 12.7. The van der Waals surface area contributed by atoms with E-state index in [2.05, 4.69) is 10.3 Å². The number of ether oxygens (including phenoxy) is 1. The first-order valence-corrected chi connectivity index (χ1v) is 12.2. The summed E-state index contributed by atoms with van der Waals surface area (Å²) >= 11 is 7.64. The summed E-state index contributed by atoms with van der Waals surface area (Å²) in [5, 5.41) is 6.02. The summed E-state index contributed by atoms with van der Waals surface area (Å²) in [4.78, 5) is 43.5. The van der Waals surface area contributed by atoms with Gasteiger partial charge in [-0.1, -0.05) is 35.9 Å². The highest BCUT2D eigenvalue weighted by atomic mass is 35.5. The number of nitrogens with one attached hydrogen (secondary N) is 1. The van der Waals surface area contributed by atoms with Gasteiger partial charge >= 0.3 is 5.97 Å². The van der Waals surface area contributed by atoms with Gasteiger partial charge in [-0.25, -0.2) is 9.78 Å². The zero-order chi connectivity index (χ0) is 24.1. The molecule has 176 valence electrons. The number of methoxy groups -OCH3 is 1. The standard InChI is InChI=1S/C25H24ClN3O4S/c1-33-25(32)18-6-4-7-19(13-18)27-23(31)21-15-34-24(28-21)16-9-11-29(12-10-16)22(30)14-17-5-2-3-8-20(17)26/h2-8,13,15-16H,9-12,14H2,1H3,(H,27,31). The molecule has 0 bridgehead atoms. The maximum Gasteiger partial charge on any atom is 0.337 e. The molecule has 3 aromatic rings. The lowest BCUT2D eigenvalue weighted by atomic mass is 9.97. The van der Waals surface area contributed by atoms with Crippen molar-refractivity contribution in [1.82, 2.24) is 9.88 Å². The predicted octanol–water partition coefficient (Wildman–Crippen LogP) is 4.78. The van der Waals surface area contributed by atoms with Crippen LogP contribution in [-0.4, -0.2) is 47.9 Å². The lowest BCUT2D eigenvalue weighted by molar-refractivity contribution is -0.131. The van der Waals surface area contributed by atoms with E-state index in [1.54, 1.807) is 35.7 Å². The Bertz CT molecular complexity index is 1200. The van der Waals surface area contributed by atoms with Gasteiger partial charge in [0.05, 0.1) is 24.1 Å². The van der Waals surface area contributed by atoms with E-state index in [0.717, 1.165) is 23.4 Å². The summed E-state index contributed by atoms with van der Waals surface area (Å²) in [6, 6.07) is 14.0. The summed E-state index contributed by atoms with van der Waals surface area (Å²) in [6.45, 7) is 1.30. The number of likely N-dealkylation sites (tertiary alicyclic amines) is 1. The van der Waals surface area contributed by atoms with Crippen LogP contribution in [0.2, 0.25) is 5.02 Å². The minimum atomic E-state index is -0.469. The number of anilines is 1. The van der Waals surface area contributed by atoms with Gasteiger partial charge in [0.2, 0.25) is 5.91 Å². The molecular formula is C25H24ClN3O4S. The van der Waals surface area contributed by atoms with Crippen LogP contribution in [0.4, 0.5) is 5.69 Å². The van der Waals surface area contributed by atoms with Crippen LogP contribution >= 0.6 is 22.9 Å². The molecule has 0 saturated carbocycles. The normalized spacial score (nSPS) is 14.0. The third kappa shape index (κ3) is 5.63. The molecule has 0 spiro atoms. The number of nitrogens with zero attached hydrogens (tertiary/aromatic N) is 2. The third-order valence-electron chi connectivity index (χ3n) is 5.79. The molecule has 0 aliphatic carbocycles. The van der Waals surface area contributed by atoms with Gasteiger partial charge in [0.1, 0.15) is 5.69 Å². The average molecular weight is 498 g/mol. The molecule has 1 fully saturated rings. The minimum absolute atomic E-state index is 0.0694. The Kier molecular flexibility index (Phi) is 7.59. The molecule has 2 aromatic carbocycles. The minimum Gasteiger partial charge on any atom is -0.465 e. The molecule has 1 N–H and O–H groups in total. The van der Waals surface area contributed by atoms with Gasteiger partial charge in [-0.15, -0.1) is 11.3 Å². The Balaban J connectivity index is 1.32. The molecule has 0 unspecified atom stereocenters. The van der Waals surface area contributed by atoms with Gasteiger partial charge in [0.15, 0.2) is 0 Å². The first kappa shape index (κ1) is 23.9. The Labute approximate surface area is 206 Å². The van der Waals surface area contributed by atoms with E-state index in [4.69, 9.17) is 16.3 Å². The summed E-state index contributed by atoms with van der Waals surface area (Å²) < 4.78 is 4.72. The number of benzene rings is 2. The van der Waals surface area contributed by atoms with Crippen LogP contribution in [0.25, 0.3) is 0 Å². The van der Waals surface area contributed by atoms with Gasteiger partial charge in [0, 0.05) is 35.1 Å². The number of esters is 1. The molecule has 1 aromatic heterocycles. The van der Waals surface area contributed by atoms with E-state index in [-0.39, 0.29) is 17.7 Å². The van der Waals surface area contributed by atoms with E-state index in [1.807, 2.05) is 23.1 Å². The van der Waals surface area contributed by atoms with E-state index < -0.39 is 5.97 Å². The van der Waals surface area contributed by atoms with Crippen LogP contribution < -0.4 is 5.32 Å². The number of piperidine rings is 1. The highest BCUT2D eigenvalue weighted by molar-refractivity contribution is 7.10. The molecule has 0 atom stereocenters. The number of halogens is 1. The number of aromatic nitrogens is 1. The summed E-state index contributed by atoms with van der Waals surface area (Å²) in [5.74, 6) is -0.529. The van der Waals surface area contributed by atoms with Crippen LogP contribution in [0.1, 0.15) is 50.2 Å². The zero-order valence-electron chi connectivity index (χ0n) is 18.6. The first-order chi connectivity index (χ1) is 16.4. The largest absolute Gasteiger partial charge is 0.465 e. The zero-order valence-corrected chi connectivity index (χ0v) is 20.2. The quantitative estimate of drug-likeness (QED) is 0.495. The number of carbonyl (C=O) groups is 3. The van der Waals surface area contributed by atoms with Gasteiger partial charge in [-0.3, -0.25) is 9.59 Å². The summed E-state index contributed by atoms with van der Waals surface area (Å²) in [5.41, 5.74) is 2.02. The second-order valence-corrected chi connectivity index (χ2v) is 9.32. The molecule has 1 aliphatic heterocycles. The second-order valence-electron chi connectivity index (χ2n) is 8.02. The fraction of sp³-hybridized carbons (Fsp3) is 0.280. The Morgan fingerprint density at radius 2 is 1.91 bits per heavy atom. The van der Waals surface area contributed by atoms with Gasteiger partial charge in [-0.2, -0.15) is 0 Å². The van der Waals surface area contributed by atoms with Crippen molar-refractivity contribution in [3.05, 3.63) is 80.8 Å². The second kappa shape index (κ2) is 10.8. The van der Waals surface area contributed by atoms with Crippen molar-refractivity contribution in [2.45, 2.75) is 25.2 Å². The Morgan fingerprint density at radius 3 is 2.65 bits per heavy atom. The van der Waals surface area contributed by atoms with Crippen LogP contribution in [-0.2, 0) is 16.0 Å². The van der Waals surface area contributed by atoms with Gasteiger partial charge in [-0.05, 0) is 42.7 Å². The molecule has 1 aliphatic rings. The maximum absolute atomic E-state index is 12.7. The molecule has 0 radical (unpaired) electrons. The van der Waals surface area contributed by atoms with Crippen molar-refractivity contribution < 1.29 is 19.1 Å². The number of amides is 2. The lowest BCUT2D eigenvalue weighted by Crippen LogP contribution is -2.38. The van der Waals surface area contributed by atoms with Crippen molar-refractivity contribution in [2.24, 2.45) is 0 Å². The highest BCUT2D eigenvalue weighted by Gasteiger charge is 2.26. The van der Waals surface area contributed by atoms with Crippen LogP contribution in [0.5, 0.6) is 0 Å². The number of rotatable bonds is 6. The average Bonchev–Trinajstić information content (AvgIpc) is 3.36. The van der Waals surface area contributed by atoms with Crippen LogP contribution in [0, 0.1) is 0 Å². The number of carbonyl (C=O) groups excluding carboxylic acids is 3. The molecule has 4 rings (SSSR count). The molecule has 2 amide bonds. The fourth-order valence-corrected chi connectivity index (χ4v) is 5.08. The Hall–Kier alpha value is -3.23. The van der Waals surface area contributed by atoms with Crippen LogP contribution in [0.3, 0.4) is 0 Å². The van der Waals surface area contributed by atoms with E-state index >= 15 is 0 Å². The number of hydrogen-bond donors (Lipinski definition) is 1. The van der Waals surface area contributed by atoms with E-state index in [0.29, 0.717) is 41.5 Å². The van der Waals surface area contributed by atoms with E-state index in [1.165, 1.54) is 18.4 Å². The molecular weight excluding hydrogens is 474 g/mol. The topological polar surface area (TPSA) is 88.6 Å². The van der Waals surface area contributed by atoms with E-state index in [9.17, 15) is 14.4 Å². The molecule has 2 heterocycles. The lowest BCUT2D eigenvalue weighted by Gasteiger charge is -2.31. The third-order valence-corrected chi connectivity index (χ3v) is 7.17. The van der Waals surface area contributed by atoms with Crippen molar-refractivity contribution >= 4 is 46.4 Å². The first-order valence-electron chi connectivity index (χ1n) is 10.9.